The molecular weight excluding hydrogens is 295 g/mol. The van der Waals surface area contributed by atoms with Gasteiger partial charge >= 0.3 is 5.97 Å². The third kappa shape index (κ3) is 4.36. The quantitative estimate of drug-likeness (QED) is 0.930. The van der Waals surface area contributed by atoms with E-state index in [1.165, 1.54) is 0 Å². The summed E-state index contributed by atoms with van der Waals surface area (Å²) in [7, 11) is 0. The van der Waals surface area contributed by atoms with Crippen LogP contribution >= 0.6 is 0 Å². The molecule has 23 heavy (non-hydrogen) atoms. The van der Waals surface area contributed by atoms with Gasteiger partial charge in [-0.1, -0.05) is 39.0 Å². The number of benzene rings is 1. The SMILES string of the molecule is CC(C)(C)c1cc(-c2cccnc2)cc(C(N)CC(=O)OF)c1. The zero-order chi connectivity index (χ0) is 17.0. The molecule has 0 radical (unpaired) electrons. The fraction of sp³-hybridized carbons (Fsp3) is 0.333. The van der Waals surface area contributed by atoms with Crippen LogP contribution in [0, 0.1) is 0 Å². The molecule has 1 atom stereocenters. The van der Waals surface area contributed by atoms with E-state index in [9.17, 15) is 9.32 Å². The van der Waals surface area contributed by atoms with Crippen molar-refractivity contribution in [1.29, 1.82) is 0 Å². The zero-order valence-electron chi connectivity index (χ0n) is 13.5. The minimum Gasteiger partial charge on any atom is -0.323 e. The van der Waals surface area contributed by atoms with Crippen LogP contribution in [-0.2, 0) is 15.2 Å². The monoisotopic (exact) mass is 316 g/mol. The smallest absolute Gasteiger partial charge is 0.323 e. The Morgan fingerprint density at radius 3 is 2.61 bits per heavy atom. The van der Waals surface area contributed by atoms with Crippen molar-refractivity contribution in [3.8, 4) is 11.1 Å². The van der Waals surface area contributed by atoms with Gasteiger partial charge < -0.3 is 5.73 Å². The van der Waals surface area contributed by atoms with Crippen LogP contribution in [-0.4, -0.2) is 11.0 Å². The predicted octanol–water partition coefficient (Wildman–Crippen LogP) is 3.86. The molecule has 0 aliphatic heterocycles. The molecule has 0 spiro atoms. The van der Waals surface area contributed by atoms with Crippen LogP contribution < -0.4 is 5.73 Å². The van der Waals surface area contributed by atoms with Gasteiger partial charge in [-0.05, 0) is 34.2 Å². The topological polar surface area (TPSA) is 65.2 Å². The number of pyridine rings is 1. The summed E-state index contributed by atoms with van der Waals surface area (Å²) in [5, 5.41) is 0. The highest BCUT2D eigenvalue weighted by Gasteiger charge is 2.20. The van der Waals surface area contributed by atoms with Crippen LogP contribution in [0.3, 0.4) is 0 Å². The van der Waals surface area contributed by atoms with Gasteiger partial charge in [-0.25, -0.2) is 4.79 Å². The van der Waals surface area contributed by atoms with Crippen molar-refractivity contribution in [2.45, 2.75) is 38.6 Å². The first-order valence-corrected chi connectivity index (χ1v) is 7.44. The summed E-state index contributed by atoms with van der Waals surface area (Å²) >= 11 is 0. The normalized spacial score (nSPS) is 12.7. The van der Waals surface area contributed by atoms with E-state index in [-0.39, 0.29) is 11.8 Å². The molecule has 0 amide bonds. The molecule has 122 valence electrons. The van der Waals surface area contributed by atoms with Crippen molar-refractivity contribution in [2.75, 3.05) is 0 Å². The van der Waals surface area contributed by atoms with Crippen molar-refractivity contribution in [3.05, 3.63) is 53.9 Å². The Kier molecular flexibility index (Phi) is 5.11. The first kappa shape index (κ1) is 17.1. The maximum Gasteiger partial charge on any atom is 0.350 e. The Labute approximate surface area is 135 Å². The minimum absolute atomic E-state index is 0.0900. The number of carbonyl (C=O) groups is 1. The van der Waals surface area contributed by atoms with E-state index in [1.54, 1.807) is 12.4 Å². The fourth-order valence-corrected chi connectivity index (χ4v) is 2.33. The molecule has 0 saturated heterocycles. The van der Waals surface area contributed by atoms with E-state index < -0.39 is 12.0 Å². The third-order valence-electron chi connectivity index (χ3n) is 3.72. The lowest BCUT2D eigenvalue weighted by atomic mass is 9.83. The lowest BCUT2D eigenvalue weighted by Gasteiger charge is -2.23. The molecule has 1 unspecified atom stereocenters. The molecule has 1 aromatic heterocycles. The zero-order valence-corrected chi connectivity index (χ0v) is 13.5. The predicted molar refractivity (Wildman–Crippen MR) is 87.1 cm³/mol. The molecule has 2 aromatic rings. The Hall–Kier alpha value is -2.27. The van der Waals surface area contributed by atoms with E-state index in [1.807, 2.05) is 24.3 Å². The number of aromatic nitrogens is 1. The highest BCUT2D eigenvalue weighted by atomic mass is 19.3. The molecule has 1 heterocycles. The van der Waals surface area contributed by atoms with Crippen LogP contribution in [0.25, 0.3) is 11.1 Å². The second kappa shape index (κ2) is 6.87. The molecule has 0 aliphatic rings. The molecule has 1 aromatic carbocycles. The number of carbonyl (C=O) groups excluding carboxylic acids is 1. The van der Waals surface area contributed by atoms with Gasteiger partial charge in [0.15, 0.2) is 0 Å². The Bertz CT molecular complexity index is 681. The molecule has 0 saturated carbocycles. The lowest BCUT2D eigenvalue weighted by molar-refractivity contribution is -0.184. The maximum absolute atomic E-state index is 12.0. The van der Waals surface area contributed by atoms with Crippen molar-refractivity contribution >= 4 is 5.97 Å². The molecule has 0 fully saturated rings. The third-order valence-corrected chi connectivity index (χ3v) is 3.72. The average molecular weight is 316 g/mol. The van der Waals surface area contributed by atoms with Crippen LogP contribution in [0.1, 0.15) is 44.4 Å². The van der Waals surface area contributed by atoms with Crippen LogP contribution in [0.2, 0.25) is 0 Å². The van der Waals surface area contributed by atoms with Gasteiger partial charge in [-0.2, -0.15) is 0 Å². The van der Waals surface area contributed by atoms with Crippen molar-refractivity contribution in [1.82, 2.24) is 4.98 Å². The van der Waals surface area contributed by atoms with E-state index in [2.05, 4.69) is 36.8 Å². The largest absolute Gasteiger partial charge is 0.350 e. The van der Waals surface area contributed by atoms with Crippen LogP contribution in [0.5, 0.6) is 0 Å². The van der Waals surface area contributed by atoms with Crippen molar-refractivity contribution < 1.29 is 14.3 Å². The second-order valence-electron chi connectivity index (χ2n) is 6.60. The summed E-state index contributed by atoms with van der Waals surface area (Å²) in [5.74, 6) is -0.971. The summed E-state index contributed by atoms with van der Waals surface area (Å²) in [6.45, 7) is 6.29. The highest BCUT2D eigenvalue weighted by Crippen LogP contribution is 2.31. The molecule has 4 nitrogen and oxygen atoms in total. The van der Waals surface area contributed by atoms with Crippen LogP contribution in [0.4, 0.5) is 4.53 Å². The summed E-state index contributed by atoms with van der Waals surface area (Å²) in [6.07, 6.45) is 3.27. The number of nitrogens with zero attached hydrogens (tertiary/aromatic N) is 1. The summed E-state index contributed by atoms with van der Waals surface area (Å²) < 4.78 is 12.0. The molecular formula is C18H21FN2O2. The first-order chi connectivity index (χ1) is 10.8. The molecule has 2 rings (SSSR count). The molecule has 2 N–H and O–H groups in total. The number of nitrogens with two attached hydrogens (primary N) is 1. The number of rotatable bonds is 4. The molecule has 5 heteroatoms. The lowest BCUT2D eigenvalue weighted by Crippen LogP contribution is -2.18. The highest BCUT2D eigenvalue weighted by molar-refractivity contribution is 5.70. The Morgan fingerprint density at radius 1 is 1.30 bits per heavy atom. The molecule has 0 bridgehead atoms. The van der Waals surface area contributed by atoms with Gasteiger partial charge in [0.1, 0.15) is 0 Å². The Morgan fingerprint density at radius 2 is 2.04 bits per heavy atom. The number of hydrogen-bond acceptors (Lipinski definition) is 4. The van der Waals surface area contributed by atoms with Gasteiger partial charge in [-0.3, -0.25) is 9.93 Å². The summed E-state index contributed by atoms with van der Waals surface area (Å²) in [5.41, 5.74) is 9.73. The van der Waals surface area contributed by atoms with Gasteiger partial charge in [0.2, 0.25) is 0 Å². The van der Waals surface area contributed by atoms with E-state index in [4.69, 9.17) is 5.73 Å². The summed E-state index contributed by atoms with van der Waals surface area (Å²) in [6, 6.07) is 9.13. The van der Waals surface area contributed by atoms with E-state index in [0.717, 1.165) is 22.3 Å². The van der Waals surface area contributed by atoms with Gasteiger partial charge in [0, 0.05) is 28.5 Å². The van der Waals surface area contributed by atoms with Gasteiger partial charge in [-0.15, -0.1) is 0 Å². The average Bonchev–Trinajstić information content (AvgIpc) is 2.54. The van der Waals surface area contributed by atoms with Crippen molar-refractivity contribution in [3.63, 3.8) is 0 Å². The number of halogens is 1. The first-order valence-electron chi connectivity index (χ1n) is 7.44. The Balaban J connectivity index is 2.48. The van der Waals surface area contributed by atoms with Crippen molar-refractivity contribution in [2.24, 2.45) is 5.73 Å². The summed E-state index contributed by atoms with van der Waals surface area (Å²) in [4.78, 5) is 18.5. The fourth-order valence-electron chi connectivity index (χ4n) is 2.33. The minimum atomic E-state index is -0.971. The second-order valence-corrected chi connectivity index (χ2v) is 6.60. The van der Waals surface area contributed by atoms with E-state index in [0.29, 0.717) is 0 Å². The van der Waals surface area contributed by atoms with Gasteiger partial charge in [0.05, 0.1) is 6.42 Å². The number of hydrogen-bond donors (Lipinski definition) is 1. The van der Waals surface area contributed by atoms with Gasteiger partial charge in [0.25, 0.3) is 0 Å². The van der Waals surface area contributed by atoms with Crippen LogP contribution in [0.15, 0.2) is 42.7 Å². The van der Waals surface area contributed by atoms with E-state index >= 15 is 0 Å². The maximum atomic E-state index is 12.0. The molecule has 0 aliphatic carbocycles. The standard InChI is InChI=1S/C18H21FN2O2/c1-18(2,3)15-8-13(12-5-4-6-21-11-12)7-14(9-15)16(20)10-17(22)23-19/h4-9,11,16H,10,20H2,1-3H3.